The lowest BCUT2D eigenvalue weighted by molar-refractivity contribution is -0.128. The number of aromatic nitrogens is 4. The number of H-pyrrole nitrogens is 1. The van der Waals surface area contributed by atoms with Crippen molar-refractivity contribution >= 4 is 29.3 Å². The number of hydrogen-bond acceptors (Lipinski definition) is 3. The molecule has 1 amide bonds. The summed E-state index contributed by atoms with van der Waals surface area (Å²) in [5.41, 5.74) is 3.00. The Morgan fingerprint density at radius 1 is 1.45 bits per heavy atom. The molecule has 2 aromatic rings. The molecule has 0 radical (unpaired) electrons. The van der Waals surface area contributed by atoms with Gasteiger partial charge in [0.1, 0.15) is 5.52 Å². The predicted octanol–water partition coefficient (Wildman–Crippen LogP) is 1.86. The summed E-state index contributed by atoms with van der Waals surface area (Å²) in [5, 5.41) is 4.53. The molecule has 0 aromatic carbocycles. The van der Waals surface area contributed by atoms with Gasteiger partial charge in [-0.1, -0.05) is 13.3 Å². The molecule has 0 saturated carbocycles. The normalized spacial score (nSPS) is 11.2. The third-order valence-electron chi connectivity index (χ3n) is 3.36. The van der Waals surface area contributed by atoms with Gasteiger partial charge in [-0.15, -0.1) is 0 Å². The van der Waals surface area contributed by atoms with Crippen LogP contribution in [0.4, 0.5) is 0 Å². The van der Waals surface area contributed by atoms with Crippen molar-refractivity contribution in [3.05, 3.63) is 10.5 Å². The average molecular weight is 295 g/mol. The second-order valence-corrected chi connectivity index (χ2v) is 5.53. The van der Waals surface area contributed by atoms with Crippen LogP contribution in [0.3, 0.4) is 0 Å². The van der Waals surface area contributed by atoms with Crippen LogP contribution in [-0.2, 0) is 24.8 Å². The zero-order valence-corrected chi connectivity index (χ0v) is 13.3. The Hall–Kier alpha value is -1.63. The summed E-state index contributed by atoms with van der Waals surface area (Å²) in [6, 6.07) is 0. The van der Waals surface area contributed by atoms with Gasteiger partial charge in [-0.2, -0.15) is 5.10 Å². The minimum absolute atomic E-state index is 0.0946. The molecule has 0 fully saturated rings. The van der Waals surface area contributed by atoms with Gasteiger partial charge >= 0.3 is 0 Å². The number of hydrogen-bond donors (Lipinski definition) is 1. The van der Waals surface area contributed by atoms with E-state index < -0.39 is 0 Å². The number of carbonyl (C=O) groups is 1. The first kappa shape index (κ1) is 14.8. The minimum Gasteiger partial charge on any atom is -0.349 e. The van der Waals surface area contributed by atoms with E-state index in [-0.39, 0.29) is 5.91 Å². The van der Waals surface area contributed by atoms with Crippen molar-refractivity contribution in [2.75, 3.05) is 14.1 Å². The summed E-state index contributed by atoms with van der Waals surface area (Å²) in [6.45, 7) is 2.70. The van der Waals surface area contributed by atoms with Gasteiger partial charge in [0.2, 0.25) is 5.91 Å². The van der Waals surface area contributed by atoms with Crippen LogP contribution >= 0.6 is 12.2 Å². The fraction of sp³-hybridized carbons (Fsp3) is 0.615. The smallest absolute Gasteiger partial charge is 0.223 e. The van der Waals surface area contributed by atoms with E-state index in [2.05, 4.69) is 17.0 Å². The van der Waals surface area contributed by atoms with Crippen LogP contribution in [0.5, 0.6) is 0 Å². The largest absolute Gasteiger partial charge is 0.349 e. The van der Waals surface area contributed by atoms with Crippen LogP contribution in [0, 0.1) is 4.77 Å². The zero-order chi connectivity index (χ0) is 14.9. The number of imidazole rings is 1. The van der Waals surface area contributed by atoms with Gasteiger partial charge in [0.15, 0.2) is 10.4 Å². The molecule has 0 saturated heterocycles. The van der Waals surface area contributed by atoms with Crippen molar-refractivity contribution in [3.63, 3.8) is 0 Å². The van der Waals surface area contributed by atoms with E-state index in [1.54, 1.807) is 19.0 Å². The van der Waals surface area contributed by atoms with E-state index in [4.69, 9.17) is 12.2 Å². The van der Waals surface area contributed by atoms with Crippen molar-refractivity contribution in [1.29, 1.82) is 0 Å². The molecule has 0 aliphatic heterocycles. The number of amides is 1. The van der Waals surface area contributed by atoms with Crippen LogP contribution < -0.4 is 0 Å². The lowest BCUT2D eigenvalue weighted by Gasteiger charge is -2.10. The second-order valence-electron chi connectivity index (χ2n) is 5.14. The molecule has 7 heteroatoms. The van der Waals surface area contributed by atoms with Gasteiger partial charge in [-0.3, -0.25) is 9.48 Å². The summed E-state index contributed by atoms with van der Waals surface area (Å²) in [7, 11) is 5.43. The first-order valence-electron chi connectivity index (χ1n) is 6.80. The molecule has 0 aliphatic rings. The first-order valence-corrected chi connectivity index (χ1v) is 7.21. The number of nitrogens with zero attached hydrogens (tertiary/aromatic N) is 4. The third kappa shape index (κ3) is 2.63. The molecule has 6 nitrogen and oxygen atoms in total. The maximum absolute atomic E-state index is 11.7. The Kier molecular flexibility index (Phi) is 4.27. The quantitative estimate of drug-likeness (QED) is 0.857. The number of carbonyl (C=O) groups excluding carboxylic acids is 1. The lowest BCUT2D eigenvalue weighted by Crippen LogP contribution is -2.23. The van der Waals surface area contributed by atoms with Crippen molar-refractivity contribution in [1.82, 2.24) is 24.2 Å². The summed E-state index contributed by atoms with van der Waals surface area (Å²) in [4.78, 5) is 16.5. The average Bonchev–Trinajstić information content (AvgIpc) is 2.85. The molecule has 2 aromatic heterocycles. The first-order chi connectivity index (χ1) is 9.45. The van der Waals surface area contributed by atoms with Crippen molar-refractivity contribution in [2.24, 2.45) is 7.05 Å². The molecule has 110 valence electrons. The molecule has 0 spiro atoms. The molecule has 1 N–H and O–H groups in total. The molecule has 2 heterocycles. The number of fused-ring (bicyclic) bond motifs is 1. The van der Waals surface area contributed by atoms with Crippen LogP contribution in [-0.4, -0.2) is 44.2 Å². The fourth-order valence-electron chi connectivity index (χ4n) is 2.33. The highest BCUT2D eigenvalue weighted by Crippen LogP contribution is 2.19. The summed E-state index contributed by atoms with van der Waals surface area (Å²) in [6.07, 6.45) is 2.39. The summed E-state index contributed by atoms with van der Waals surface area (Å²) < 4.78 is 4.45. The van der Waals surface area contributed by atoms with Gasteiger partial charge in [0.25, 0.3) is 0 Å². The lowest BCUT2D eigenvalue weighted by atomic mass is 10.2. The minimum atomic E-state index is 0.0946. The predicted molar refractivity (Wildman–Crippen MR) is 81.2 cm³/mol. The highest BCUT2D eigenvalue weighted by Gasteiger charge is 2.15. The van der Waals surface area contributed by atoms with E-state index in [0.717, 1.165) is 29.7 Å². The van der Waals surface area contributed by atoms with E-state index in [1.807, 2.05) is 16.3 Å². The summed E-state index contributed by atoms with van der Waals surface area (Å²) >= 11 is 5.37. The van der Waals surface area contributed by atoms with E-state index >= 15 is 0 Å². The second kappa shape index (κ2) is 5.78. The molecule has 20 heavy (non-hydrogen) atoms. The fourth-order valence-corrected chi connectivity index (χ4v) is 2.61. The molecule has 0 bridgehead atoms. The monoisotopic (exact) mass is 295 g/mol. The SMILES string of the molecule is CCCc1nn(C)c2c1[nH]c(=S)n2CCC(=O)N(C)C. The van der Waals surface area contributed by atoms with Crippen LogP contribution in [0.1, 0.15) is 25.5 Å². The Balaban J connectivity index is 2.36. The number of aryl methyl sites for hydroxylation is 3. The number of rotatable bonds is 5. The maximum Gasteiger partial charge on any atom is 0.223 e. The molecular formula is C13H21N5OS. The zero-order valence-electron chi connectivity index (χ0n) is 12.4. The van der Waals surface area contributed by atoms with Gasteiger partial charge in [-0.25, -0.2) is 0 Å². The molecule has 0 atom stereocenters. The molecular weight excluding hydrogens is 274 g/mol. The van der Waals surface area contributed by atoms with E-state index in [9.17, 15) is 4.79 Å². The topological polar surface area (TPSA) is 58.9 Å². The third-order valence-corrected chi connectivity index (χ3v) is 3.68. The highest BCUT2D eigenvalue weighted by molar-refractivity contribution is 7.71. The summed E-state index contributed by atoms with van der Waals surface area (Å²) in [5.74, 6) is 0.0946. The van der Waals surface area contributed by atoms with Crippen LogP contribution in [0.15, 0.2) is 0 Å². The highest BCUT2D eigenvalue weighted by atomic mass is 32.1. The van der Waals surface area contributed by atoms with Crippen LogP contribution in [0.25, 0.3) is 11.2 Å². The Morgan fingerprint density at radius 3 is 2.75 bits per heavy atom. The van der Waals surface area contributed by atoms with E-state index in [1.165, 1.54) is 0 Å². The van der Waals surface area contributed by atoms with Crippen LogP contribution in [0.2, 0.25) is 0 Å². The van der Waals surface area contributed by atoms with Crippen molar-refractivity contribution in [3.8, 4) is 0 Å². The number of nitrogens with one attached hydrogen (secondary N) is 1. The standard InChI is InChI=1S/C13H21N5OS/c1-5-6-9-11-12(17(4)15-9)18(13(20)14-11)8-7-10(19)16(2)3/h5-8H2,1-4H3,(H,14,20). The van der Waals surface area contributed by atoms with Gasteiger partial charge in [0.05, 0.1) is 5.69 Å². The molecule has 2 rings (SSSR count). The maximum atomic E-state index is 11.7. The van der Waals surface area contributed by atoms with Crippen molar-refractivity contribution in [2.45, 2.75) is 32.7 Å². The Labute approximate surface area is 123 Å². The Morgan fingerprint density at radius 2 is 2.15 bits per heavy atom. The molecule has 0 unspecified atom stereocenters. The van der Waals surface area contributed by atoms with Gasteiger partial charge in [-0.05, 0) is 18.6 Å². The van der Waals surface area contributed by atoms with E-state index in [0.29, 0.717) is 17.7 Å². The number of aromatic amines is 1. The van der Waals surface area contributed by atoms with Gasteiger partial charge < -0.3 is 14.5 Å². The Bertz CT molecular complexity index is 679. The van der Waals surface area contributed by atoms with Gasteiger partial charge in [0, 0.05) is 34.1 Å². The van der Waals surface area contributed by atoms with Crippen molar-refractivity contribution < 1.29 is 4.79 Å². The molecule has 0 aliphatic carbocycles.